The highest BCUT2D eigenvalue weighted by Crippen LogP contribution is 2.42. The van der Waals surface area contributed by atoms with Gasteiger partial charge in [-0.2, -0.15) is 0 Å². The number of carbonyl (C=O) groups excluding carboxylic acids is 2. The van der Waals surface area contributed by atoms with Gasteiger partial charge in [0, 0.05) is 19.6 Å². The number of likely N-dealkylation sites (N-methyl/N-ethyl adjacent to an activating group) is 1. The number of fused-ring (bicyclic) bond motifs is 1. The van der Waals surface area contributed by atoms with E-state index in [0.717, 1.165) is 4.90 Å². The fraction of sp³-hybridized carbons (Fsp3) is 0.810. The largest absolute Gasteiger partial charge is 0.461 e. The summed E-state index contributed by atoms with van der Waals surface area (Å²) in [5.74, 6) is -3.48. The summed E-state index contributed by atoms with van der Waals surface area (Å²) in [5.41, 5.74) is -1.59. The quantitative estimate of drug-likeness (QED) is 0.455. The molecule has 0 aliphatic carbocycles. The van der Waals surface area contributed by atoms with Gasteiger partial charge in [-0.1, -0.05) is 19.6 Å². The van der Waals surface area contributed by atoms with Crippen LogP contribution in [0.4, 0.5) is 13.6 Å². The standard InChI is InChI=1S/C21H35F2N3O4/c1-8-12-29-17(27)20(6,7)10-11-26-16-15(13-24(26)9-2)25(14-21(16,22)23)18(28)30-19(3,4)5/h8,15-16H,1,9-14H2,2-7H3/t15-,16+/m1/s1. The zero-order valence-corrected chi connectivity index (χ0v) is 18.9. The van der Waals surface area contributed by atoms with Crippen LogP contribution in [0.3, 0.4) is 0 Å². The third kappa shape index (κ3) is 5.29. The summed E-state index contributed by atoms with van der Waals surface area (Å²) in [6.07, 6.45) is 1.11. The molecule has 2 aliphatic rings. The molecule has 1 amide bonds. The number of esters is 1. The molecule has 0 bridgehead atoms. The number of carbonyl (C=O) groups is 2. The Kier molecular flexibility index (Phi) is 7.18. The van der Waals surface area contributed by atoms with Gasteiger partial charge in [-0.3, -0.25) is 9.69 Å². The molecular formula is C21H35F2N3O4. The van der Waals surface area contributed by atoms with E-state index in [2.05, 4.69) is 6.58 Å². The summed E-state index contributed by atoms with van der Waals surface area (Å²) in [7, 11) is 0. The van der Waals surface area contributed by atoms with Gasteiger partial charge in [-0.15, -0.1) is 0 Å². The van der Waals surface area contributed by atoms with Crippen LogP contribution in [0, 0.1) is 5.41 Å². The molecule has 2 saturated heterocycles. The molecule has 0 radical (unpaired) electrons. The van der Waals surface area contributed by atoms with E-state index in [-0.39, 0.29) is 13.2 Å². The fourth-order valence-corrected chi connectivity index (χ4v) is 3.94. The van der Waals surface area contributed by atoms with Crippen molar-refractivity contribution in [3.05, 3.63) is 12.7 Å². The van der Waals surface area contributed by atoms with Crippen molar-refractivity contribution in [1.29, 1.82) is 0 Å². The van der Waals surface area contributed by atoms with E-state index in [4.69, 9.17) is 9.47 Å². The second kappa shape index (κ2) is 8.78. The molecule has 2 heterocycles. The number of hydrogen-bond donors (Lipinski definition) is 0. The molecule has 0 aromatic heterocycles. The van der Waals surface area contributed by atoms with Crippen LogP contribution >= 0.6 is 0 Å². The molecule has 30 heavy (non-hydrogen) atoms. The summed E-state index contributed by atoms with van der Waals surface area (Å²) < 4.78 is 40.6. The molecule has 172 valence electrons. The van der Waals surface area contributed by atoms with Crippen LogP contribution < -0.4 is 0 Å². The predicted molar refractivity (Wildman–Crippen MR) is 109 cm³/mol. The van der Waals surface area contributed by atoms with E-state index in [1.807, 2.05) is 11.9 Å². The summed E-state index contributed by atoms with van der Waals surface area (Å²) in [5, 5.41) is 3.45. The molecule has 0 aromatic carbocycles. The number of halogens is 2. The van der Waals surface area contributed by atoms with E-state index >= 15 is 8.78 Å². The van der Waals surface area contributed by atoms with Crippen molar-refractivity contribution in [3.63, 3.8) is 0 Å². The zero-order chi connectivity index (χ0) is 22.9. The van der Waals surface area contributed by atoms with Crippen molar-refractivity contribution in [2.75, 3.05) is 32.8 Å². The second-order valence-electron chi connectivity index (χ2n) is 9.57. The smallest absolute Gasteiger partial charge is 0.410 e. The fourth-order valence-electron chi connectivity index (χ4n) is 3.94. The van der Waals surface area contributed by atoms with Crippen LogP contribution in [-0.4, -0.2) is 83.4 Å². The molecule has 2 aliphatic heterocycles. The summed E-state index contributed by atoms with van der Waals surface area (Å²) in [6, 6.07) is -1.82. The Hall–Kier alpha value is -1.74. The van der Waals surface area contributed by atoms with Crippen molar-refractivity contribution in [1.82, 2.24) is 14.9 Å². The number of hydrogen-bond acceptors (Lipinski definition) is 6. The van der Waals surface area contributed by atoms with E-state index in [1.54, 1.807) is 39.6 Å². The first kappa shape index (κ1) is 24.5. The number of ether oxygens (including phenoxy) is 2. The Morgan fingerprint density at radius 3 is 2.40 bits per heavy atom. The maximum Gasteiger partial charge on any atom is 0.410 e. The lowest BCUT2D eigenvalue weighted by Gasteiger charge is -2.35. The highest BCUT2D eigenvalue weighted by atomic mass is 19.3. The van der Waals surface area contributed by atoms with Crippen LogP contribution in [0.2, 0.25) is 0 Å². The van der Waals surface area contributed by atoms with Gasteiger partial charge in [0.1, 0.15) is 18.2 Å². The molecule has 0 unspecified atom stereocenters. The Labute approximate surface area is 177 Å². The third-order valence-corrected chi connectivity index (χ3v) is 5.50. The first-order valence-corrected chi connectivity index (χ1v) is 10.4. The summed E-state index contributed by atoms with van der Waals surface area (Å²) in [4.78, 5) is 26.0. The molecule has 2 atom stereocenters. The Morgan fingerprint density at radius 1 is 1.23 bits per heavy atom. The Bertz CT molecular complexity index is 663. The predicted octanol–water partition coefficient (Wildman–Crippen LogP) is 3.31. The van der Waals surface area contributed by atoms with Gasteiger partial charge in [-0.25, -0.2) is 23.6 Å². The Morgan fingerprint density at radius 2 is 1.87 bits per heavy atom. The molecule has 0 spiro atoms. The van der Waals surface area contributed by atoms with Crippen LogP contribution in [0.1, 0.15) is 48.0 Å². The maximum atomic E-state index is 15.0. The monoisotopic (exact) mass is 431 g/mol. The van der Waals surface area contributed by atoms with Gasteiger partial charge in [0.15, 0.2) is 0 Å². The minimum absolute atomic E-state index is 0.112. The summed E-state index contributed by atoms with van der Waals surface area (Å²) in [6.45, 7) is 14.5. The van der Waals surface area contributed by atoms with Gasteiger partial charge in [0.05, 0.1) is 18.0 Å². The first-order chi connectivity index (χ1) is 13.7. The number of likely N-dealkylation sites (tertiary alicyclic amines) is 1. The minimum Gasteiger partial charge on any atom is -0.461 e. The highest BCUT2D eigenvalue weighted by Gasteiger charge is 2.63. The molecule has 2 fully saturated rings. The summed E-state index contributed by atoms with van der Waals surface area (Å²) >= 11 is 0. The lowest BCUT2D eigenvalue weighted by Crippen LogP contribution is -2.50. The average Bonchev–Trinajstić information content (AvgIpc) is 3.11. The molecule has 9 heteroatoms. The van der Waals surface area contributed by atoms with Gasteiger partial charge in [-0.05, 0) is 41.0 Å². The normalized spacial score (nSPS) is 24.6. The first-order valence-electron chi connectivity index (χ1n) is 10.4. The van der Waals surface area contributed by atoms with E-state index in [1.165, 1.54) is 6.08 Å². The van der Waals surface area contributed by atoms with Crippen LogP contribution in [0.25, 0.3) is 0 Å². The van der Waals surface area contributed by atoms with Crippen LogP contribution in [0.15, 0.2) is 12.7 Å². The molecule has 0 aromatic rings. The van der Waals surface area contributed by atoms with E-state index < -0.39 is 47.6 Å². The van der Waals surface area contributed by atoms with Crippen LogP contribution in [-0.2, 0) is 14.3 Å². The van der Waals surface area contributed by atoms with Gasteiger partial charge < -0.3 is 9.47 Å². The number of nitrogens with zero attached hydrogens (tertiary/aromatic N) is 3. The van der Waals surface area contributed by atoms with E-state index in [9.17, 15) is 9.59 Å². The second-order valence-corrected chi connectivity index (χ2v) is 9.57. The molecule has 0 N–H and O–H groups in total. The highest BCUT2D eigenvalue weighted by molar-refractivity contribution is 5.76. The molecule has 0 saturated carbocycles. The molecule has 2 rings (SSSR count). The lowest BCUT2D eigenvalue weighted by molar-refractivity contribution is -0.154. The lowest BCUT2D eigenvalue weighted by atomic mass is 9.89. The third-order valence-electron chi connectivity index (χ3n) is 5.50. The Balaban J connectivity index is 2.16. The van der Waals surface area contributed by atoms with Crippen molar-refractivity contribution >= 4 is 12.1 Å². The van der Waals surface area contributed by atoms with Gasteiger partial charge >= 0.3 is 12.1 Å². The average molecular weight is 432 g/mol. The van der Waals surface area contributed by atoms with Crippen molar-refractivity contribution in [2.45, 2.75) is 71.6 Å². The maximum absolute atomic E-state index is 15.0. The van der Waals surface area contributed by atoms with Gasteiger partial charge in [0.25, 0.3) is 5.92 Å². The number of hydrazine groups is 1. The van der Waals surface area contributed by atoms with Crippen molar-refractivity contribution < 1.29 is 27.8 Å². The van der Waals surface area contributed by atoms with E-state index in [0.29, 0.717) is 19.5 Å². The van der Waals surface area contributed by atoms with Gasteiger partial charge in [0.2, 0.25) is 0 Å². The SMILES string of the molecule is C=CCOC(=O)C(C)(C)CCN1[C@H]2[C@@H](CN1CC)N(C(=O)OC(C)(C)C)CC2(F)F. The number of alkyl halides is 2. The van der Waals surface area contributed by atoms with Crippen molar-refractivity contribution in [2.24, 2.45) is 5.41 Å². The topological polar surface area (TPSA) is 62.3 Å². The molecular weight excluding hydrogens is 396 g/mol. The van der Waals surface area contributed by atoms with Crippen LogP contribution in [0.5, 0.6) is 0 Å². The minimum atomic E-state index is -3.08. The van der Waals surface area contributed by atoms with Crippen molar-refractivity contribution in [3.8, 4) is 0 Å². The number of rotatable bonds is 7. The number of amides is 1. The zero-order valence-electron chi connectivity index (χ0n) is 18.9. The molecule has 7 nitrogen and oxygen atoms in total.